The second-order valence-corrected chi connectivity index (χ2v) is 6.85. The number of anilines is 1. The van der Waals surface area contributed by atoms with Crippen LogP contribution in [0.5, 0.6) is 0 Å². The molecule has 0 spiro atoms. The molecule has 3 rings (SSSR count). The molecule has 114 valence electrons. The van der Waals surface area contributed by atoms with E-state index in [2.05, 4.69) is 34.3 Å². The molecule has 0 amide bonds. The van der Waals surface area contributed by atoms with Gasteiger partial charge in [0, 0.05) is 10.6 Å². The Morgan fingerprint density at radius 2 is 1.86 bits per heavy atom. The van der Waals surface area contributed by atoms with E-state index in [1.54, 1.807) is 11.3 Å². The first kappa shape index (κ1) is 14.8. The number of H-pyrrole nitrogens is 1. The van der Waals surface area contributed by atoms with Gasteiger partial charge in [-0.2, -0.15) is 0 Å². The molecule has 0 fully saturated rings. The Hall–Kier alpha value is -2.14. The Morgan fingerprint density at radius 3 is 2.55 bits per heavy atom. The molecule has 5 heteroatoms. The van der Waals surface area contributed by atoms with E-state index in [4.69, 9.17) is 0 Å². The number of benzene rings is 1. The highest BCUT2D eigenvalue weighted by Gasteiger charge is 2.15. The van der Waals surface area contributed by atoms with Gasteiger partial charge in [-0.3, -0.25) is 4.79 Å². The number of hydrogen-bond acceptors (Lipinski definition) is 4. The minimum absolute atomic E-state index is 0.0561. The van der Waals surface area contributed by atoms with Crippen LogP contribution in [0.4, 0.5) is 5.69 Å². The Labute approximate surface area is 133 Å². The van der Waals surface area contributed by atoms with Gasteiger partial charge in [-0.15, -0.1) is 11.3 Å². The minimum atomic E-state index is -0.0671. The molecule has 1 unspecified atom stereocenters. The lowest BCUT2D eigenvalue weighted by atomic mass is 10.2. The summed E-state index contributed by atoms with van der Waals surface area (Å²) in [4.78, 5) is 21.8. The molecule has 0 saturated heterocycles. The highest BCUT2D eigenvalue weighted by Crippen LogP contribution is 2.27. The second kappa shape index (κ2) is 5.57. The third kappa shape index (κ3) is 2.64. The van der Waals surface area contributed by atoms with Gasteiger partial charge in [-0.1, -0.05) is 17.7 Å². The number of hydrogen-bond donors (Lipinski definition) is 2. The molecule has 3 aromatic rings. The molecule has 4 nitrogen and oxygen atoms in total. The summed E-state index contributed by atoms with van der Waals surface area (Å²) >= 11 is 1.57. The molecule has 0 aliphatic heterocycles. The summed E-state index contributed by atoms with van der Waals surface area (Å²) < 4.78 is 0. The van der Waals surface area contributed by atoms with Crippen LogP contribution in [-0.4, -0.2) is 9.97 Å². The Kier molecular flexibility index (Phi) is 3.74. The molecule has 0 radical (unpaired) electrons. The summed E-state index contributed by atoms with van der Waals surface area (Å²) in [6.07, 6.45) is 0. The van der Waals surface area contributed by atoms with Crippen LogP contribution in [0.3, 0.4) is 0 Å². The maximum absolute atomic E-state index is 12.3. The molecule has 22 heavy (non-hydrogen) atoms. The van der Waals surface area contributed by atoms with Crippen molar-refractivity contribution in [2.45, 2.75) is 33.7 Å². The van der Waals surface area contributed by atoms with Crippen molar-refractivity contribution >= 4 is 27.2 Å². The van der Waals surface area contributed by atoms with Gasteiger partial charge in [0.2, 0.25) is 0 Å². The zero-order valence-electron chi connectivity index (χ0n) is 13.2. The molecular weight excluding hydrogens is 294 g/mol. The standard InChI is InChI=1S/C17H19N3OS/c1-9-5-7-13(8-6-9)18-11(3)15-19-16(21)14-10(2)12(4)22-17(14)20-15/h5-8,11,18H,1-4H3,(H,19,20,21). The normalized spacial score (nSPS) is 12.5. The Bertz CT molecular complexity index is 877. The monoisotopic (exact) mass is 313 g/mol. The summed E-state index contributed by atoms with van der Waals surface area (Å²) in [5, 5.41) is 4.09. The number of nitrogens with zero attached hydrogens (tertiary/aromatic N) is 1. The van der Waals surface area contributed by atoms with Crippen LogP contribution < -0.4 is 10.9 Å². The molecule has 1 atom stereocenters. The fourth-order valence-electron chi connectivity index (χ4n) is 2.44. The molecule has 2 heterocycles. The van der Waals surface area contributed by atoms with Crippen molar-refractivity contribution < 1.29 is 0 Å². The number of aryl methyl sites for hydroxylation is 3. The number of aromatic amines is 1. The molecule has 0 aliphatic carbocycles. The minimum Gasteiger partial charge on any atom is -0.375 e. The number of rotatable bonds is 3. The fraction of sp³-hybridized carbons (Fsp3) is 0.294. The third-order valence-corrected chi connectivity index (χ3v) is 5.00. The molecule has 1 aromatic carbocycles. The molecule has 0 bridgehead atoms. The highest BCUT2D eigenvalue weighted by atomic mass is 32.1. The quantitative estimate of drug-likeness (QED) is 0.766. The van der Waals surface area contributed by atoms with Crippen molar-refractivity contribution in [2.24, 2.45) is 0 Å². The molecular formula is C17H19N3OS. The smallest absolute Gasteiger partial charge is 0.259 e. The average molecular weight is 313 g/mol. The lowest BCUT2D eigenvalue weighted by Crippen LogP contribution is -2.17. The fourth-order valence-corrected chi connectivity index (χ4v) is 3.48. The average Bonchev–Trinajstić information content (AvgIpc) is 2.77. The van der Waals surface area contributed by atoms with E-state index in [0.29, 0.717) is 11.2 Å². The maximum Gasteiger partial charge on any atom is 0.259 e. The first-order valence-electron chi connectivity index (χ1n) is 7.29. The summed E-state index contributed by atoms with van der Waals surface area (Å²) in [7, 11) is 0. The van der Waals surface area contributed by atoms with Crippen molar-refractivity contribution in [3.8, 4) is 0 Å². The lowest BCUT2D eigenvalue weighted by molar-refractivity contribution is 0.792. The van der Waals surface area contributed by atoms with Crippen molar-refractivity contribution in [1.82, 2.24) is 9.97 Å². The van der Waals surface area contributed by atoms with Gasteiger partial charge in [-0.05, 0) is 45.4 Å². The topological polar surface area (TPSA) is 57.8 Å². The number of thiophene rings is 1. The van der Waals surface area contributed by atoms with Crippen LogP contribution in [0.15, 0.2) is 29.1 Å². The van der Waals surface area contributed by atoms with Crippen LogP contribution in [0.25, 0.3) is 10.2 Å². The predicted octanol–water partition coefficient (Wildman–Crippen LogP) is 4.08. The van der Waals surface area contributed by atoms with Crippen LogP contribution in [0.2, 0.25) is 0 Å². The summed E-state index contributed by atoms with van der Waals surface area (Å²) in [5.74, 6) is 0.666. The first-order valence-corrected chi connectivity index (χ1v) is 8.10. The van der Waals surface area contributed by atoms with E-state index < -0.39 is 0 Å². The Balaban J connectivity index is 1.95. The zero-order chi connectivity index (χ0) is 15.9. The van der Waals surface area contributed by atoms with E-state index in [9.17, 15) is 4.79 Å². The zero-order valence-corrected chi connectivity index (χ0v) is 14.0. The van der Waals surface area contributed by atoms with Crippen molar-refractivity contribution in [3.05, 3.63) is 56.4 Å². The van der Waals surface area contributed by atoms with Gasteiger partial charge >= 0.3 is 0 Å². The van der Waals surface area contributed by atoms with E-state index in [1.807, 2.05) is 32.9 Å². The molecule has 0 saturated carbocycles. The van der Waals surface area contributed by atoms with E-state index in [1.165, 1.54) is 5.56 Å². The van der Waals surface area contributed by atoms with Gasteiger partial charge in [0.05, 0.1) is 11.4 Å². The van der Waals surface area contributed by atoms with Gasteiger partial charge in [0.25, 0.3) is 5.56 Å². The van der Waals surface area contributed by atoms with E-state index in [-0.39, 0.29) is 11.6 Å². The SMILES string of the molecule is Cc1ccc(NC(C)c2nc3sc(C)c(C)c3c(=O)[nH]2)cc1. The van der Waals surface area contributed by atoms with E-state index >= 15 is 0 Å². The predicted molar refractivity (Wildman–Crippen MR) is 92.9 cm³/mol. The second-order valence-electron chi connectivity index (χ2n) is 5.65. The number of fused-ring (bicyclic) bond motifs is 1. The van der Waals surface area contributed by atoms with Crippen molar-refractivity contribution in [2.75, 3.05) is 5.32 Å². The summed E-state index contributed by atoms with van der Waals surface area (Å²) in [6.45, 7) is 8.05. The number of nitrogens with one attached hydrogen (secondary N) is 2. The first-order chi connectivity index (χ1) is 10.5. The third-order valence-electron chi connectivity index (χ3n) is 3.90. The molecule has 2 aromatic heterocycles. The molecule has 2 N–H and O–H groups in total. The lowest BCUT2D eigenvalue weighted by Gasteiger charge is -2.14. The summed E-state index contributed by atoms with van der Waals surface area (Å²) in [6, 6.07) is 8.10. The van der Waals surface area contributed by atoms with Crippen molar-refractivity contribution in [1.29, 1.82) is 0 Å². The van der Waals surface area contributed by atoms with Gasteiger partial charge in [0.15, 0.2) is 0 Å². The maximum atomic E-state index is 12.3. The Morgan fingerprint density at radius 1 is 1.18 bits per heavy atom. The van der Waals surface area contributed by atoms with Crippen LogP contribution in [0.1, 0.15) is 34.8 Å². The van der Waals surface area contributed by atoms with Gasteiger partial charge < -0.3 is 10.3 Å². The number of aromatic nitrogens is 2. The van der Waals surface area contributed by atoms with E-state index in [0.717, 1.165) is 21.0 Å². The highest BCUT2D eigenvalue weighted by molar-refractivity contribution is 7.18. The van der Waals surface area contributed by atoms with Crippen molar-refractivity contribution in [3.63, 3.8) is 0 Å². The van der Waals surface area contributed by atoms with Crippen LogP contribution >= 0.6 is 11.3 Å². The van der Waals surface area contributed by atoms with Gasteiger partial charge in [0.1, 0.15) is 10.7 Å². The molecule has 0 aliphatic rings. The largest absolute Gasteiger partial charge is 0.375 e. The summed E-state index contributed by atoms with van der Waals surface area (Å²) in [5.41, 5.74) is 3.20. The van der Waals surface area contributed by atoms with Crippen LogP contribution in [-0.2, 0) is 0 Å². The van der Waals surface area contributed by atoms with Crippen LogP contribution in [0, 0.1) is 20.8 Å². The van der Waals surface area contributed by atoms with Gasteiger partial charge in [-0.25, -0.2) is 4.98 Å².